The van der Waals surface area contributed by atoms with Gasteiger partial charge in [0, 0.05) is 30.1 Å². The van der Waals surface area contributed by atoms with Gasteiger partial charge in [-0.05, 0) is 92.2 Å². The third kappa shape index (κ3) is 4.65. The first-order chi connectivity index (χ1) is 15.9. The minimum Gasteiger partial charge on any atom is -0.427 e. The Hall–Kier alpha value is -3.15. The third-order valence-corrected chi connectivity index (χ3v) is 7.54. The lowest BCUT2D eigenvalue weighted by Gasteiger charge is -2.55. The van der Waals surface area contributed by atoms with Crippen LogP contribution in [0.5, 0.6) is 5.75 Å². The Kier molecular flexibility index (Phi) is 5.69. The molecule has 2 aromatic carbocycles. The molecule has 4 aliphatic carbocycles. The van der Waals surface area contributed by atoms with E-state index in [2.05, 4.69) is 10.6 Å². The molecule has 6 rings (SSSR count). The molecule has 0 spiro atoms. The molecule has 0 unspecified atom stereocenters. The molecule has 6 nitrogen and oxygen atoms in total. The predicted molar refractivity (Wildman–Crippen MR) is 125 cm³/mol. The van der Waals surface area contributed by atoms with E-state index in [0.717, 1.165) is 42.6 Å². The Morgan fingerprint density at radius 3 is 2.18 bits per heavy atom. The van der Waals surface area contributed by atoms with E-state index in [1.165, 1.54) is 32.3 Å². The number of hydrogen-bond donors (Lipinski definition) is 2. The summed E-state index contributed by atoms with van der Waals surface area (Å²) >= 11 is 0. The molecule has 0 aliphatic heterocycles. The van der Waals surface area contributed by atoms with E-state index in [-0.39, 0.29) is 17.2 Å². The normalized spacial score (nSPS) is 27.1. The van der Waals surface area contributed by atoms with Gasteiger partial charge in [-0.25, -0.2) is 0 Å². The molecular weight excluding hydrogens is 416 g/mol. The van der Waals surface area contributed by atoms with Crippen LogP contribution >= 0.6 is 0 Å². The standard InChI is InChI=1S/C27H30N2O4/c1-17(30)33-24-4-2-3-22(12-24)25(31)29-23-7-5-18(6-8-23)16-28-26(32)27-13-19-9-20(14-27)11-21(10-19)15-27/h2-8,12,19-21H,9-11,13-16H2,1H3,(H,28,32)(H,29,31). The first-order valence-corrected chi connectivity index (χ1v) is 11.9. The number of carbonyl (C=O) groups excluding carboxylic acids is 3. The van der Waals surface area contributed by atoms with Crippen LogP contribution in [0, 0.1) is 23.2 Å². The molecule has 33 heavy (non-hydrogen) atoms. The van der Waals surface area contributed by atoms with Crippen molar-refractivity contribution in [2.24, 2.45) is 23.2 Å². The average Bonchev–Trinajstić information content (AvgIpc) is 2.77. The van der Waals surface area contributed by atoms with E-state index < -0.39 is 5.97 Å². The van der Waals surface area contributed by atoms with E-state index in [0.29, 0.717) is 23.5 Å². The van der Waals surface area contributed by atoms with Crippen molar-refractivity contribution in [3.05, 3.63) is 59.7 Å². The molecular formula is C27H30N2O4. The fourth-order valence-electron chi connectivity index (χ4n) is 6.53. The molecule has 6 heteroatoms. The average molecular weight is 447 g/mol. The topological polar surface area (TPSA) is 84.5 Å². The summed E-state index contributed by atoms with van der Waals surface area (Å²) in [7, 11) is 0. The summed E-state index contributed by atoms with van der Waals surface area (Å²) in [4.78, 5) is 36.8. The molecule has 172 valence electrons. The summed E-state index contributed by atoms with van der Waals surface area (Å²) in [5.74, 6) is 2.09. The van der Waals surface area contributed by atoms with E-state index in [1.54, 1.807) is 18.2 Å². The molecule has 4 saturated carbocycles. The van der Waals surface area contributed by atoms with Gasteiger partial charge in [-0.3, -0.25) is 14.4 Å². The van der Waals surface area contributed by atoms with Crippen LogP contribution in [0.15, 0.2) is 48.5 Å². The van der Waals surface area contributed by atoms with Crippen molar-refractivity contribution >= 4 is 23.5 Å². The molecule has 2 aromatic rings. The van der Waals surface area contributed by atoms with Crippen LogP contribution in [-0.2, 0) is 16.1 Å². The number of nitrogens with one attached hydrogen (secondary N) is 2. The van der Waals surface area contributed by atoms with E-state index in [1.807, 2.05) is 24.3 Å². The summed E-state index contributed by atoms with van der Waals surface area (Å²) in [5.41, 5.74) is 1.93. The van der Waals surface area contributed by atoms with Gasteiger partial charge in [-0.1, -0.05) is 18.2 Å². The number of anilines is 1. The van der Waals surface area contributed by atoms with Crippen molar-refractivity contribution < 1.29 is 19.1 Å². The number of carbonyl (C=O) groups is 3. The van der Waals surface area contributed by atoms with Crippen LogP contribution in [0.4, 0.5) is 5.69 Å². The highest BCUT2D eigenvalue weighted by molar-refractivity contribution is 6.04. The van der Waals surface area contributed by atoms with Crippen LogP contribution in [0.1, 0.15) is 61.4 Å². The van der Waals surface area contributed by atoms with Crippen molar-refractivity contribution in [1.29, 1.82) is 0 Å². The zero-order chi connectivity index (χ0) is 23.0. The second-order valence-electron chi connectivity index (χ2n) is 10.2. The molecule has 4 bridgehead atoms. The van der Waals surface area contributed by atoms with Crippen molar-refractivity contribution in [3.8, 4) is 5.75 Å². The predicted octanol–water partition coefficient (Wildman–Crippen LogP) is 4.70. The van der Waals surface area contributed by atoms with Gasteiger partial charge in [-0.2, -0.15) is 0 Å². The highest BCUT2D eigenvalue weighted by Crippen LogP contribution is 2.60. The lowest BCUT2D eigenvalue weighted by molar-refractivity contribution is -0.146. The first kappa shape index (κ1) is 21.7. The van der Waals surface area contributed by atoms with Gasteiger partial charge in [0.15, 0.2) is 0 Å². The van der Waals surface area contributed by atoms with Gasteiger partial charge in [0.05, 0.1) is 0 Å². The number of rotatable bonds is 6. The molecule has 0 atom stereocenters. The monoisotopic (exact) mass is 446 g/mol. The number of ether oxygens (including phenoxy) is 1. The van der Waals surface area contributed by atoms with Crippen LogP contribution in [0.25, 0.3) is 0 Å². The van der Waals surface area contributed by atoms with E-state index in [9.17, 15) is 14.4 Å². The second kappa shape index (κ2) is 8.65. The fraction of sp³-hybridized carbons (Fsp3) is 0.444. The molecule has 2 N–H and O–H groups in total. The largest absolute Gasteiger partial charge is 0.427 e. The highest BCUT2D eigenvalue weighted by atomic mass is 16.5. The van der Waals surface area contributed by atoms with Gasteiger partial charge < -0.3 is 15.4 Å². The van der Waals surface area contributed by atoms with Crippen molar-refractivity contribution in [1.82, 2.24) is 5.32 Å². The number of esters is 1. The Labute approximate surface area is 194 Å². The summed E-state index contributed by atoms with van der Waals surface area (Å²) in [6.07, 6.45) is 7.17. The summed E-state index contributed by atoms with van der Waals surface area (Å²) < 4.78 is 5.04. The fourth-order valence-corrected chi connectivity index (χ4v) is 6.53. The summed E-state index contributed by atoms with van der Waals surface area (Å²) in [5, 5.41) is 6.05. The molecule has 4 aliphatic rings. The van der Waals surface area contributed by atoms with Crippen molar-refractivity contribution in [2.45, 2.75) is 52.0 Å². The highest BCUT2D eigenvalue weighted by Gasteiger charge is 2.54. The Bertz CT molecular complexity index is 1040. The van der Waals surface area contributed by atoms with Crippen LogP contribution in [-0.4, -0.2) is 17.8 Å². The lowest BCUT2D eigenvalue weighted by Crippen LogP contribution is -2.53. The molecule has 0 aromatic heterocycles. The first-order valence-electron chi connectivity index (χ1n) is 11.9. The van der Waals surface area contributed by atoms with Crippen molar-refractivity contribution in [2.75, 3.05) is 5.32 Å². The molecule has 0 heterocycles. The Morgan fingerprint density at radius 2 is 1.58 bits per heavy atom. The minimum absolute atomic E-state index is 0.136. The Balaban J connectivity index is 1.16. The summed E-state index contributed by atoms with van der Waals surface area (Å²) in [6, 6.07) is 14.0. The quantitative estimate of drug-likeness (QED) is 0.498. The van der Waals surface area contributed by atoms with Crippen LogP contribution < -0.4 is 15.4 Å². The number of amides is 2. The number of hydrogen-bond acceptors (Lipinski definition) is 4. The zero-order valence-electron chi connectivity index (χ0n) is 18.9. The molecule has 0 saturated heterocycles. The van der Waals surface area contributed by atoms with Gasteiger partial charge in [0.25, 0.3) is 5.91 Å². The number of benzene rings is 2. The smallest absolute Gasteiger partial charge is 0.308 e. The minimum atomic E-state index is -0.432. The van der Waals surface area contributed by atoms with Gasteiger partial charge in [-0.15, -0.1) is 0 Å². The van der Waals surface area contributed by atoms with Gasteiger partial charge in [0.1, 0.15) is 5.75 Å². The van der Waals surface area contributed by atoms with Gasteiger partial charge in [0.2, 0.25) is 5.91 Å². The maximum Gasteiger partial charge on any atom is 0.308 e. The summed E-state index contributed by atoms with van der Waals surface area (Å²) in [6.45, 7) is 1.82. The van der Waals surface area contributed by atoms with Crippen LogP contribution in [0.3, 0.4) is 0 Å². The van der Waals surface area contributed by atoms with E-state index >= 15 is 0 Å². The molecule has 0 radical (unpaired) electrons. The maximum absolute atomic E-state index is 13.1. The molecule has 2 amide bonds. The lowest BCUT2D eigenvalue weighted by atomic mass is 9.49. The third-order valence-electron chi connectivity index (χ3n) is 7.54. The van der Waals surface area contributed by atoms with Crippen molar-refractivity contribution in [3.63, 3.8) is 0 Å². The SMILES string of the molecule is CC(=O)Oc1cccc(C(=O)Nc2ccc(CNC(=O)C34CC5CC(CC(C5)C3)C4)cc2)c1. The van der Waals surface area contributed by atoms with Crippen LogP contribution in [0.2, 0.25) is 0 Å². The maximum atomic E-state index is 13.1. The molecule has 4 fully saturated rings. The second-order valence-corrected chi connectivity index (χ2v) is 10.2. The Morgan fingerprint density at radius 1 is 0.939 bits per heavy atom. The zero-order valence-corrected chi connectivity index (χ0v) is 18.9. The van der Waals surface area contributed by atoms with E-state index in [4.69, 9.17) is 4.74 Å². The van der Waals surface area contributed by atoms with Gasteiger partial charge >= 0.3 is 5.97 Å².